The van der Waals surface area contributed by atoms with E-state index in [2.05, 4.69) is 37.8 Å². The predicted molar refractivity (Wildman–Crippen MR) is 73.9 cm³/mol. The fourth-order valence-electron chi connectivity index (χ4n) is 1.99. The number of thiazole rings is 1. The van der Waals surface area contributed by atoms with E-state index in [1.54, 1.807) is 17.5 Å². The highest BCUT2D eigenvalue weighted by atomic mass is 32.1. The first kappa shape index (κ1) is 13.3. The van der Waals surface area contributed by atoms with Crippen LogP contribution in [0.2, 0.25) is 0 Å². The van der Waals surface area contributed by atoms with Crippen molar-refractivity contribution in [2.45, 2.75) is 51.4 Å². The van der Waals surface area contributed by atoms with Crippen LogP contribution in [0.3, 0.4) is 0 Å². The van der Waals surface area contributed by atoms with E-state index in [1.807, 2.05) is 17.8 Å². The topological polar surface area (TPSA) is 38.9 Å². The quantitative estimate of drug-likeness (QED) is 0.813. The molecule has 4 heteroatoms. The average molecular weight is 264 g/mol. The monoisotopic (exact) mass is 264 g/mol. The van der Waals surface area contributed by atoms with E-state index in [-0.39, 0.29) is 10.8 Å². The van der Waals surface area contributed by atoms with Gasteiger partial charge in [-0.2, -0.15) is 0 Å². The van der Waals surface area contributed by atoms with Crippen LogP contribution in [0.1, 0.15) is 51.2 Å². The zero-order chi connectivity index (χ0) is 13.2. The highest BCUT2D eigenvalue weighted by molar-refractivity contribution is 7.09. The summed E-state index contributed by atoms with van der Waals surface area (Å²) in [5.41, 5.74) is 2.09. The van der Waals surface area contributed by atoms with Gasteiger partial charge in [0, 0.05) is 28.0 Å². The highest BCUT2D eigenvalue weighted by Gasteiger charge is 2.30. The summed E-state index contributed by atoms with van der Waals surface area (Å²) in [6.07, 6.45) is 5.85. The Morgan fingerprint density at radius 1 is 1.17 bits per heavy atom. The van der Waals surface area contributed by atoms with E-state index < -0.39 is 0 Å². The summed E-state index contributed by atoms with van der Waals surface area (Å²) >= 11 is 1.73. The summed E-state index contributed by atoms with van der Waals surface area (Å²) in [5, 5.41) is 3.80. The van der Waals surface area contributed by atoms with Crippen LogP contribution in [-0.4, -0.2) is 10.1 Å². The van der Waals surface area contributed by atoms with Gasteiger partial charge in [-0.15, -0.1) is 11.3 Å². The number of aromatic nitrogens is 2. The molecule has 0 aliphatic carbocycles. The van der Waals surface area contributed by atoms with Crippen LogP contribution in [0.5, 0.6) is 0 Å². The van der Waals surface area contributed by atoms with Gasteiger partial charge < -0.3 is 4.52 Å². The van der Waals surface area contributed by atoms with Crippen molar-refractivity contribution < 1.29 is 4.52 Å². The second-order valence-electron chi connectivity index (χ2n) is 6.01. The zero-order valence-corrected chi connectivity index (χ0v) is 12.3. The van der Waals surface area contributed by atoms with Gasteiger partial charge in [-0.3, -0.25) is 4.98 Å². The second-order valence-corrected chi connectivity index (χ2v) is 6.90. The molecule has 2 rings (SSSR count). The molecule has 0 saturated heterocycles. The van der Waals surface area contributed by atoms with E-state index in [9.17, 15) is 0 Å². The molecule has 2 aromatic heterocycles. The minimum Gasteiger partial charge on any atom is -0.361 e. The lowest BCUT2D eigenvalue weighted by molar-refractivity contribution is 0.284. The van der Waals surface area contributed by atoms with Crippen molar-refractivity contribution in [1.82, 2.24) is 10.1 Å². The third-order valence-corrected chi connectivity index (χ3v) is 4.72. The standard InChI is InChI=1S/C14H20N2OS/c1-13(2,11-5-8-16-17-11)6-7-14(3,4)12-9-15-10-18-12/h5,8-10H,6-7H2,1-4H3. The molecule has 0 aliphatic heterocycles. The molecule has 98 valence electrons. The molecular formula is C14H20N2OS. The highest BCUT2D eigenvalue weighted by Crippen LogP contribution is 2.36. The molecule has 2 aromatic rings. The van der Waals surface area contributed by atoms with Gasteiger partial charge in [0.15, 0.2) is 0 Å². The maximum atomic E-state index is 5.29. The molecule has 18 heavy (non-hydrogen) atoms. The van der Waals surface area contributed by atoms with Gasteiger partial charge >= 0.3 is 0 Å². The third kappa shape index (κ3) is 2.80. The second kappa shape index (κ2) is 4.84. The Bertz CT molecular complexity index is 426. The van der Waals surface area contributed by atoms with Crippen molar-refractivity contribution >= 4 is 11.3 Å². The van der Waals surface area contributed by atoms with Crippen LogP contribution in [0.4, 0.5) is 0 Å². The Morgan fingerprint density at radius 2 is 1.89 bits per heavy atom. The van der Waals surface area contributed by atoms with E-state index >= 15 is 0 Å². The fraction of sp³-hybridized carbons (Fsp3) is 0.571. The fourth-order valence-corrected chi connectivity index (χ4v) is 2.76. The lowest BCUT2D eigenvalue weighted by atomic mass is 9.77. The van der Waals surface area contributed by atoms with Crippen LogP contribution in [-0.2, 0) is 10.8 Å². The van der Waals surface area contributed by atoms with E-state index in [0.717, 1.165) is 18.6 Å². The van der Waals surface area contributed by atoms with Gasteiger partial charge in [-0.25, -0.2) is 0 Å². The number of nitrogens with zero attached hydrogens (tertiary/aromatic N) is 2. The Hall–Kier alpha value is -1.16. The minimum atomic E-state index is 0.0262. The molecule has 0 aliphatic rings. The molecule has 0 saturated carbocycles. The summed E-state index contributed by atoms with van der Waals surface area (Å²) in [4.78, 5) is 5.52. The normalized spacial score (nSPS) is 12.9. The molecule has 0 bridgehead atoms. The first-order chi connectivity index (χ1) is 8.42. The molecule has 0 fully saturated rings. The maximum absolute atomic E-state index is 5.29. The molecule has 0 radical (unpaired) electrons. The molecule has 0 unspecified atom stereocenters. The average Bonchev–Trinajstić information content (AvgIpc) is 2.99. The summed E-state index contributed by atoms with van der Waals surface area (Å²) in [6.45, 7) is 8.96. The summed E-state index contributed by atoms with van der Waals surface area (Å²) < 4.78 is 5.29. The summed E-state index contributed by atoms with van der Waals surface area (Å²) in [7, 11) is 0. The molecule has 0 amide bonds. The van der Waals surface area contributed by atoms with Crippen molar-refractivity contribution in [3.05, 3.63) is 34.6 Å². The molecular weight excluding hydrogens is 244 g/mol. The lowest BCUT2D eigenvalue weighted by Gasteiger charge is -2.28. The SMILES string of the molecule is CC(C)(CCC(C)(C)c1cncs1)c1ccno1. The van der Waals surface area contributed by atoms with Crippen LogP contribution >= 0.6 is 11.3 Å². The Morgan fingerprint density at radius 3 is 2.44 bits per heavy atom. The maximum Gasteiger partial charge on any atom is 0.142 e. The number of rotatable bonds is 5. The van der Waals surface area contributed by atoms with Crippen molar-refractivity contribution in [1.29, 1.82) is 0 Å². The summed E-state index contributed by atoms with van der Waals surface area (Å²) in [5.74, 6) is 0.961. The molecule has 2 heterocycles. The number of hydrogen-bond acceptors (Lipinski definition) is 4. The van der Waals surface area contributed by atoms with E-state index in [0.29, 0.717) is 0 Å². The predicted octanol–water partition coefficient (Wildman–Crippen LogP) is 4.17. The third-order valence-electron chi connectivity index (χ3n) is 3.58. The van der Waals surface area contributed by atoms with Crippen LogP contribution in [0.25, 0.3) is 0 Å². The molecule has 0 atom stereocenters. The first-order valence-corrected chi connectivity index (χ1v) is 7.10. The largest absolute Gasteiger partial charge is 0.361 e. The Balaban J connectivity index is 2.03. The Labute approximate surface area is 112 Å². The molecule has 3 nitrogen and oxygen atoms in total. The van der Waals surface area contributed by atoms with Crippen LogP contribution in [0.15, 0.2) is 28.5 Å². The van der Waals surface area contributed by atoms with Gasteiger partial charge in [-0.1, -0.05) is 32.9 Å². The van der Waals surface area contributed by atoms with Crippen LogP contribution < -0.4 is 0 Å². The number of hydrogen-bond donors (Lipinski definition) is 0. The molecule has 0 spiro atoms. The zero-order valence-electron chi connectivity index (χ0n) is 11.4. The molecule has 0 aromatic carbocycles. The van der Waals surface area contributed by atoms with Crippen molar-refractivity contribution in [3.8, 4) is 0 Å². The van der Waals surface area contributed by atoms with Crippen LogP contribution in [0, 0.1) is 0 Å². The van der Waals surface area contributed by atoms with Gasteiger partial charge in [-0.05, 0) is 12.8 Å². The smallest absolute Gasteiger partial charge is 0.142 e. The van der Waals surface area contributed by atoms with Crippen molar-refractivity contribution in [2.75, 3.05) is 0 Å². The van der Waals surface area contributed by atoms with E-state index in [1.165, 1.54) is 4.88 Å². The van der Waals surface area contributed by atoms with Crippen molar-refractivity contribution in [2.24, 2.45) is 0 Å². The first-order valence-electron chi connectivity index (χ1n) is 6.22. The van der Waals surface area contributed by atoms with Gasteiger partial charge in [0.1, 0.15) is 5.76 Å². The summed E-state index contributed by atoms with van der Waals surface area (Å²) in [6, 6.07) is 1.96. The van der Waals surface area contributed by atoms with Gasteiger partial charge in [0.05, 0.1) is 11.7 Å². The minimum absolute atomic E-state index is 0.0262. The van der Waals surface area contributed by atoms with Crippen molar-refractivity contribution in [3.63, 3.8) is 0 Å². The molecule has 0 N–H and O–H groups in total. The lowest BCUT2D eigenvalue weighted by Crippen LogP contribution is -2.23. The van der Waals surface area contributed by atoms with Gasteiger partial charge in [0.2, 0.25) is 0 Å². The van der Waals surface area contributed by atoms with E-state index in [4.69, 9.17) is 4.52 Å². The van der Waals surface area contributed by atoms with Gasteiger partial charge in [0.25, 0.3) is 0 Å². The Kier molecular flexibility index (Phi) is 3.57.